The molecule has 0 amide bonds. The van der Waals surface area contributed by atoms with E-state index in [9.17, 15) is 0 Å². The average molecular weight is 292 g/mol. The first kappa shape index (κ1) is 13.9. The molecule has 0 atom stereocenters. The van der Waals surface area contributed by atoms with Gasteiger partial charge < -0.3 is 10.3 Å². The molecule has 1 heterocycles. The van der Waals surface area contributed by atoms with Crippen LogP contribution in [0.25, 0.3) is 0 Å². The summed E-state index contributed by atoms with van der Waals surface area (Å²) >= 11 is 7.43. The molecule has 0 aliphatic heterocycles. The Labute approximate surface area is 122 Å². The molecule has 1 aromatic carbocycles. The zero-order valence-corrected chi connectivity index (χ0v) is 12.1. The largest absolute Gasteiger partial charge is 0.397 e. The molecule has 0 saturated carbocycles. The van der Waals surface area contributed by atoms with Gasteiger partial charge in [-0.05, 0) is 36.8 Å². The van der Waals surface area contributed by atoms with Crippen LogP contribution in [0.2, 0.25) is 5.02 Å². The van der Waals surface area contributed by atoms with E-state index in [-0.39, 0.29) is 0 Å². The first-order valence-corrected chi connectivity index (χ1v) is 7.17. The summed E-state index contributed by atoms with van der Waals surface area (Å²) in [4.78, 5) is 1.05. The number of nitrogens with two attached hydrogens (primary N) is 1. The monoisotopic (exact) mass is 291 g/mol. The molecule has 19 heavy (non-hydrogen) atoms. The third-order valence-corrected chi connectivity index (χ3v) is 4.07. The average Bonchev–Trinajstić information content (AvgIpc) is 2.70. The van der Waals surface area contributed by atoms with Crippen molar-refractivity contribution >= 4 is 29.1 Å². The minimum atomic E-state index is 0.607. The molecule has 0 aliphatic rings. The second-order valence-corrected chi connectivity index (χ2v) is 5.61. The maximum Gasteiger partial charge on any atom is 0.123 e. The van der Waals surface area contributed by atoms with E-state index in [1.165, 1.54) is 0 Å². The van der Waals surface area contributed by atoms with Gasteiger partial charge in [0.25, 0.3) is 0 Å². The van der Waals surface area contributed by atoms with E-state index in [2.05, 4.69) is 13.0 Å². The summed E-state index contributed by atoms with van der Waals surface area (Å²) in [5.74, 6) is 0. The van der Waals surface area contributed by atoms with E-state index in [0.717, 1.165) is 22.9 Å². The topological polar surface area (TPSA) is 54.7 Å². The van der Waals surface area contributed by atoms with Crippen molar-refractivity contribution in [1.82, 2.24) is 4.57 Å². The lowest BCUT2D eigenvalue weighted by Crippen LogP contribution is -2.01. The molecule has 0 spiro atoms. The maximum absolute atomic E-state index is 9.13. The summed E-state index contributed by atoms with van der Waals surface area (Å²) in [6.07, 6.45) is 0.955. The van der Waals surface area contributed by atoms with Crippen LogP contribution in [0, 0.1) is 11.3 Å². The number of nitrogen functional groups attached to an aromatic ring is 1. The Morgan fingerprint density at radius 1 is 1.37 bits per heavy atom. The third-order valence-electron chi connectivity index (χ3n) is 2.67. The summed E-state index contributed by atoms with van der Waals surface area (Å²) in [7, 11) is 0. The SMILES string of the molecule is CCCn1c(C#N)cc(N)c1Sc1ccc(Cl)cc1. The Morgan fingerprint density at radius 3 is 2.63 bits per heavy atom. The number of nitriles is 1. The smallest absolute Gasteiger partial charge is 0.123 e. The van der Waals surface area contributed by atoms with Crippen LogP contribution < -0.4 is 5.73 Å². The number of rotatable bonds is 4. The predicted octanol–water partition coefficient (Wildman–Crippen LogP) is 4.16. The van der Waals surface area contributed by atoms with Crippen LogP contribution in [0.4, 0.5) is 5.69 Å². The molecule has 3 nitrogen and oxygen atoms in total. The lowest BCUT2D eigenvalue weighted by molar-refractivity contribution is 0.630. The van der Waals surface area contributed by atoms with Gasteiger partial charge in [-0.2, -0.15) is 5.26 Å². The number of halogens is 1. The molecule has 2 rings (SSSR count). The number of nitrogens with zero attached hydrogens (tertiary/aromatic N) is 2. The van der Waals surface area contributed by atoms with Crippen molar-refractivity contribution in [3.05, 3.63) is 41.0 Å². The fraction of sp³-hybridized carbons (Fsp3) is 0.214. The minimum absolute atomic E-state index is 0.607. The van der Waals surface area contributed by atoms with Crippen LogP contribution in [-0.2, 0) is 6.54 Å². The molecule has 0 aliphatic carbocycles. The van der Waals surface area contributed by atoms with E-state index in [0.29, 0.717) is 16.4 Å². The fourth-order valence-corrected chi connectivity index (χ4v) is 2.92. The Bertz CT molecular complexity index is 611. The highest BCUT2D eigenvalue weighted by atomic mass is 35.5. The van der Waals surface area contributed by atoms with E-state index >= 15 is 0 Å². The van der Waals surface area contributed by atoms with Crippen LogP contribution >= 0.6 is 23.4 Å². The van der Waals surface area contributed by atoms with E-state index in [4.69, 9.17) is 22.6 Å². The molecule has 0 radical (unpaired) electrons. The molecular weight excluding hydrogens is 278 g/mol. The van der Waals surface area contributed by atoms with Gasteiger partial charge in [0.1, 0.15) is 16.8 Å². The molecule has 1 aromatic heterocycles. The van der Waals surface area contributed by atoms with Gasteiger partial charge in [-0.15, -0.1) is 0 Å². The number of hydrogen-bond acceptors (Lipinski definition) is 3. The summed E-state index contributed by atoms with van der Waals surface area (Å²) in [5, 5.41) is 10.8. The molecule has 0 unspecified atom stereocenters. The second kappa shape index (κ2) is 6.05. The quantitative estimate of drug-likeness (QED) is 0.920. The first-order valence-electron chi connectivity index (χ1n) is 5.98. The van der Waals surface area contributed by atoms with E-state index in [1.807, 2.05) is 28.8 Å². The number of hydrogen-bond donors (Lipinski definition) is 1. The van der Waals surface area contributed by atoms with Gasteiger partial charge in [-0.25, -0.2) is 0 Å². The lowest BCUT2D eigenvalue weighted by atomic mass is 10.4. The van der Waals surface area contributed by atoms with Crippen LogP contribution in [0.15, 0.2) is 40.3 Å². The molecule has 98 valence electrons. The van der Waals surface area contributed by atoms with Gasteiger partial charge >= 0.3 is 0 Å². The zero-order chi connectivity index (χ0) is 13.8. The minimum Gasteiger partial charge on any atom is -0.397 e. The highest BCUT2D eigenvalue weighted by molar-refractivity contribution is 7.99. The molecule has 2 aromatic rings. The van der Waals surface area contributed by atoms with Crippen molar-refractivity contribution in [2.45, 2.75) is 29.8 Å². The normalized spacial score (nSPS) is 10.4. The Balaban J connectivity index is 2.36. The molecule has 5 heteroatoms. The number of anilines is 1. The Morgan fingerprint density at radius 2 is 2.05 bits per heavy atom. The predicted molar refractivity (Wildman–Crippen MR) is 79.4 cm³/mol. The third kappa shape index (κ3) is 3.06. The maximum atomic E-state index is 9.13. The number of aromatic nitrogens is 1. The van der Waals surface area contributed by atoms with Crippen molar-refractivity contribution < 1.29 is 0 Å². The van der Waals surface area contributed by atoms with Crippen LogP contribution in [0.5, 0.6) is 0 Å². The van der Waals surface area contributed by atoms with Gasteiger partial charge in [0.15, 0.2) is 0 Å². The van der Waals surface area contributed by atoms with Gasteiger partial charge in [0.05, 0.1) is 5.69 Å². The van der Waals surface area contributed by atoms with Crippen molar-refractivity contribution in [3.63, 3.8) is 0 Å². The summed E-state index contributed by atoms with van der Waals surface area (Å²) < 4.78 is 1.97. The molecule has 0 saturated heterocycles. The van der Waals surface area contributed by atoms with Gasteiger partial charge in [0.2, 0.25) is 0 Å². The number of benzene rings is 1. The standard InChI is InChI=1S/C14H14ClN3S/c1-2-7-18-11(9-16)8-13(17)14(18)19-12-5-3-10(15)4-6-12/h3-6,8H,2,7,17H2,1H3. The molecule has 0 fully saturated rings. The highest BCUT2D eigenvalue weighted by Crippen LogP contribution is 2.35. The van der Waals surface area contributed by atoms with Crippen molar-refractivity contribution in [2.24, 2.45) is 0 Å². The summed E-state index contributed by atoms with van der Waals surface area (Å²) in [5.41, 5.74) is 7.26. The lowest BCUT2D eigenvalue weighted by Gasteiger charge is -2.09. The van der Waals surface area contributed by atoms with E-state index in [1.54, 1.807) is 17.8 Å². The van der Waals surface area contributed by atoms with Crippen molar-refractivity contribution in [1.29, 1.82) is 5.26 Å². The molecular formula is C14H14ClN3S. The highest BCUT2D eigenvalue weighted by Gasteiger charge is 2.13. The van der Waals surface area contributed by atoms with Crippen LogP contribution in [0.1, 0.15) is 19.0 Å². The summed E-state index contributed by atoms with van der Waals surface area (Å²) in [6, 6.07) is 11.5. The van der Waals surface area contributed by atoms with Crippen molar-refractivity contribution in [2.75, 3.05) is 5.73 Å². The molecule has 2 N–H and O–H groups in total. The Hall–Kier alpha value is -1.57. The zero-order valence-electron chi connectivity index (χ0n) is 10.6. The van der Waals surface area contributed by atoms with E-state index < -0.39 is 0 Å². The van der Waals surface area contributed by atoms with Crippen LogP contribution in [-0.4, -0.2) is 4.57 Å². The summed E-state index contributed by atoms with van der Waals surface area (Å²) in [6.45, 7) is 2.87. The second-order valence-electron chi connectivity index (χ2n) is 4.11. The fourth-order valence-electron chi connectivity index (χ4n) is 1.82. The Kier molecular flexibility index (Phi) is 4.41. The molecule has 0 bridgehead atoms. The first-order chi connectivity index (χ1) is 9.15. The van der Waals surface area contributed by atoms with Crippen LogP contribution in [0.3, 0.4) is 0 Å². The van der Waals surface area contributed by atoms with Gasteiger partial charge in [-0.1, -0.05) is 30.3 Å². The van der Waals surface area contributed by atoms with Gasteiger partial charge in [-0.3, -0.25) is 0 Å². The van der Waals surface area contributed by atoms with Gasteiger partial charge in [0, 0.05) is 16.5 Å². The van der Waals surface area contributed by atoms with Crippen molar-refractivity contribution in [3.8, 4) is 6.07 Å².